The summed E-state index contributed by atoms with van der Waals surface area (Å²) >= 11 is 0. The van der Waals surface area contributed by atoms with E-state index < -0.39 is 5.97 Å². The summed E-state index contributed by atoms with van der Waals surface area (Å²) < 4.78 is 0. The third-order valence-electron chi connectivity index (χ3n) is 5.35. The fourth-order valence-electron chi connectivity index (χ4n) is 3.49. The molecule has 1 aromatic heterocycles. The fraction of sp³-hybridized carbons (Fsp3) is 0.333. The normalized spacial score (nSPS) is 14.4. The van der Waals surface area contributed by atoms with Crippen LogP contribution in [0.2, 0.25) is 0 Å². The minimum Gasteiger partial charge on any atom is -0.478 e. The minimum absolute atomic E-state index is 0.0661. The minimum atomic E-state index is -1.00. The van der Waals surface area contributed by atoms with Crippen molar-refractivity contribution in [3.05, 3.63) is 71.6 Å². The number of nitrogens with one attached hydrogen (secondary N) is 1. The molecule has 1 aliphatic heterocycles. The Morgan fingerprint density at radius 1 is 1.00 bits per heavy atom. The Bertz CT molecular complexity index is 936. The summed E-state index contributed by atoms with van der Waals surface area (Å²) in [4.78, 5) is 43.5. The highest BCUT2D eigenvalue weighted by Crippen LogP contribution is 2.11. The number of aromatic nitrogens is 1. The third-order valence-corrected chi connectivity index (χ3v) is 5.35. The number of carbonyl (C=O) groups excluding carboxylic acids is 2. The van der Waals surface area contributed by atoms with Gasteiger partial charge in [0.15, 0.2) is 0 Å². The summed E-state index contributed by atoms with van der Waals surface area (Å²) in [5.41, 5.74) is 1.57. The standard InChI is InChI=1S/C24H28N4O4/c29-22(10-5-19-4-3-11-25-18-19)26-12-1-2-13-27-14-16-28(17-15-27)23(30)20-6-8-21(9-7-20)24(31)32/h3-11,18H,1-2,12-17H2,(H,26,29)(H,31,32). The molecule has 2 heterocycles. The van der Waals surface area contributed by atoms with Crippen LogP contribution in [0.15, 0.2) is 54.9 Å². The van der Waals surface area contributed by atoms with Crippen molar-refractivity contribution < 1.29 is 19.5 Å². The van der Waals surface area contributed by atoms with E-state index in [1.807, 2.05) is 12.1 Å². The van der Waals surface area contributed by atoms with Gasteiger partial charge in [0, 0.05) is 56.8 Å². The smallest absolute Gasteiger partial charge is 0.335 e. The molecule has 0 unspecified atom stereocenters. The first-order chi connectivity index (χ1) is 15.5. The van der Waals surface area contributed by atoms with E-state index >= 15 is 0 Å². The molecule has 1 aliphatic rings. The van der Waals surface area contributed by atoms with Gasteiger partial charge in [-0.25, -0.2) is 4.79 Å². The highest BCUT2D eigenvalue weighted by atomic mass is 16.4. The van der Waals surface area contributed by atoms with Crippen LogP contribution >= 0.6 is 0 Å². The predicted octanol–water partition coefficient (Wildman–Crippen LogP) is 2.15. The zero-order valence-electron chi connectivity index (χ0n) is 17.9. The summed E-state index contributed by atoms with van der Waals surface area (Å²) in [6.07, 6.45) is 8.51. The van der Waals surface area contributed by atoms with Crippen LogP contribution in [-0.4, -0.2) is 76.9 Å². The van der Waals surface area contributed by atoms with Crippen LogP contribution in [-0.2, 0) is 4.79 Å². The lowest BCUT2D eigenvalue weighted by atomic mass is 10.1. The Kier molecular flexibility index (Phi) is 8.51. The van der Waals surface area contributed by atoms with E-state index in [4.69, 9.17) is 5.11 Å². The van der Waals surface area contributed by atoms with E-state index in [0.717, 1.165) is 38.0 Å². The SMILES string of the molecule is O=C(C=Cc1cccnc1)NCCCCN1CCN(C(=O)c2ccc(C(=O)O)cc2)CC1. The van der Waals surface area contributed by atoms with Gasteiger partial charge in [-0.05, 0) is 61.4 Å². The first-order valence-corrected chi connectivity index (χ1v) is 10.7. The zero-order chi connectivity index (χ0) is 22.8. The number of carbonyl (C=O) groups is 3. The van der Waals surface area contributed by atoms with E-state index in [-0.39, 0.29) is 17.4 Å². The summed E-state index contributed by atoms with van der Waals surface area (Å²) in [6, 6.07) is 9.76. The van der Waals surface area contributed by atoms with E-state index in [0.29, 0.717) is 25.2 Å². The van der Waals surface area contributed by atoms with Gasteiger partial charge >= 0.3 is 5.97 Å². The summed E-state index contributed by atoms with van der Waals surface area (Å²) in [5, 5.41) is 11.9. The Labute approximate surface area is 187 Å². The van der Waals surface area contributed by atoms with Crippen molar-refractivity contribution in [3.63, 3.8) is 0 Å². The second-order valence-corrected chi connectivity index (χ2v) is 7.63. The number of benzene rings is 1. The van der Waals surface area contributed by atoms with Crippen LogP contribution in [0.25, 0.3) is 6.08 Å². The summed E-state index contributed by atoms with van der Waals surface area (Å²) in [6.45, 7) is 4.46. The fourth-order valence-corrected chi connectivity index (χ4v) is 3.49. The van der Waals surface area contributed by atoms with E-state index in [1.54, 1.807) is 35.5 Å². The third kappa shape index (κ3) is 7.02. The van der Waals surface area contributed by atoms with Gasteiger partial charge in [0.05, 0.1) is 5.56 Å². The lowest BCUT2D eigenvalue weighted by molar-refractivity contribution is -0.116. The molecule has 168 valence electrons. The quantitative estimate of drug-likeness (QED) is 0.461. The van der Waals surface area contributed by atoms with Crippen LogP contribution in [0.5, 0.6) is 0 Å². The number of nitrogens with zero attached hydrogens (tertiary/aromatic N) is 3. The Morgan fingerprint density at radius 2 is 1.72 bits per heavy atom. The van der Waals surface area contributed by atoms with Crippen molar-refractivity contribution in [3.8, 4) is 0 Å². The molecule has 1 aromatic carbocycles. The van der Waals surface area contributed by atoms with Crippen LogP contribution in [0.3, 0.4) is 0 Å². The molecule has 3 rings (SSSR count). The maximum absolute atomic E-state index is 12.6. The van der Waals surface area contributed by atoms with Gasteiger partial charge in [0.2, 0.25) is 5.91 Å². The summed E-state index contributed by atoms with van der Waals surface area (Å²) in [7, 11) is 0. The van der Waals surface area contributed by atoms with Crippen molar-refractivity contribution in [1.29, 1.82) is 0 Å². The molecule has 0 saturated carbocycles. The predicted molar refractivity (Wildman–Crippen MR) is 121 cm³/mol. The number of carboxylic acids is 1. The lowest BCUT2D eigenvalue weighted by Gasteiger charge is -2.34. The van der Waals surface area contributed by atoms with Crippen LogP contribution < -0.4 is 5.32 Å². The first-order valence-electron chi connectivity index (χ1n) is 10.7. The molecule has 0 radical (unpaired) electrons. The number of rotatable bonds is 9. The van der Waals surface area contributed by atoms with Crippen molar-refractivity contribution in [2.24, 2.45) is 0 Å². The van der Waals surface area contributed by atoms with Crippen molar-refractivity contribution in [2.75, 3.05) is 39.3 Å². The topological polar surface area (TPSA) is 103 Å². The molecule has 8 nitrogen and oxygen atoms in total. The number of hydrogen-bond donors (Lipinski definition) is 2. The maximum Gasteiger partial charge on any atom is 0.335 e. The number of pyridine rings is 1. The van der Waals surface area contributed by atoms with Gasteiger partial charge in [0.1, 0.15) is 0 Å². The van der Waals surface area contributed by atoms with Crippen molar-refractivity contribution in [1.82, 2.24) is 20.1 Å². The molecular formula is C24H28N4O4. The Balaban J connectivity index is 1.30. The summed E-state index contributed by atoms with van der Waals surface area (Å²) in [5.74, 6) is -1.18. The van der Waals surface area contributed by atoms with Crippen LogP contribution in [0.1, 0.15) is 39.1 Å². The van der Waals surface area contributed by atoms with E-state index in [1.165, 1.54) is 18.2 Å². The van der Waals surface area contributed by atoms with Crippen LogP contribution in [0.4, 0.5) is 0 Å². The van der Waals surface area contributed by atoms with Crippen molar-refractivity contribution in [2.45, 2.75) is 12.8 Å². The molecule has 2 aromatic rings. The number of amides is 2. The van der Waals surface area contributed by atoms with Gasteiger partial charge < -0.3 is 15.3 Å². The average Bonchev–Trinajstić information content (AvgIpc) is 2.83. The molecule has 8 heteroatoms. The Hall–Kier alpha value is -3.52. The van der Waals surface area contributed by atoms with Gasteiger partial charge in [0.25, 0.3) is 5.91 Å². The monoisotopic (exact) mass is 436 g/mol. The second kappa shape index (κ2) is 11.8. The maximum atomic E-state index is 12.6. The molecule has 2 N–H and O–H groups in total. The highest BCUT2D eigenvalue weighted by Gasteiger charge is 2.22. The Morgan fingerprint density at radius 3 is 2.38 bits per heavy atom. The molecule has 32 heavy (non-hydrogen) atoms. The van der Waals surface area contributed by atoms with Crippen LogP contribution in [0, 0.1) is 0 Å². The van der Waals surface area contributed by atoms with E-state index in [2.05, 4.69) is 15.2 Å². The molecule has 1 saturated heterocycles. The number of unbranched alkanes of at least 4 members (excludes halogenated alkanes) is 1. The molecule has 2 amide bonds. The first kappa shape index (κ1) is 23.1. The highest BCUT2D eigenvalue weighted by molar-refractivity contribution is 5.96. The molecular weight excluding hydrogens is 408 g/mol. The van der Waals surface area contributed by atoms with E-state index in [9.17, 15) is 14.4 Å². The number of piperazine rings is 1. The zero-order valence-corrected chi connectivity index (χ0v) is 17.9. The molecule has 0 aliphatic carbocycles. The van der Waals surface area contributed by atoms with Gasteiger partial charge in [-0.3, -0.25) is 19.5 Å². The molecule has 0 atom stereocenters. The van der Waals surface area contributed by atoms with Gasteiger partial charge in [-0.15, -0.1) is 0 Å². The number of aromatic carboxylic acids is 1. The average molecular weight is 437 g/mol. The molecule has 1 fully saturated rings. The number of carboxylic acid groups (broad SMARTS) is 1. The lowest BCUT2D eigenvalue weighted by Crippen LogP contribution is -2.48. The molecule has 0 bridgehead atoms. The molecule has 0 spiro atoms. The number of hydrogen-bond acceptors (Lipinski definition) is 5. The second-order valence-electron chi connectivity index (χ2n) is 7.63. The van der Waals surface area contributed by atoms with Crippen molar-refractivity contribution >= 4 is 23.9 Å². The largest absolute Gasteiger partial charge is 0.478 e. The van der Waals surface area contributed by atoms with Gasteiger partial charge in [-0.2, -0.15) is 0 Å². The van der Waals surface area contributed by atoms with Gasteiger partial charge in [-0.1, -0.05) is 6.07 Å².